The average molecular weight is 214 g/mol. The Hall–Kier alpha value is 0.774. The normalized spacial score (nSPS) is 27.8. The van der Waals surface area contributed by atoms with Gasteiger partial charge in [0.2, 0.25) is 0 Å². The Morgan fingerprint density at radius 2 is 2.20 bits per heavy atom. The van der Waals surface area contributed by atoms with Gasteiger partial charge in [-0.15, -0.1) is 6.42 Å². The van der Waals surface area contributed by atoms with Crippen molar-refractivity contribution in [3.63, 3.8) is 0 Å². The summed E-state index contributed by atoms with van der Waals surface area (Å²) in [5.41, 5.74) is 0. The summed E-state index contributed by atoms with van der Waals surface area (Å²) in [6, 6.07) is 0. The van der Waals surface area contributed by atoms with E-state index in [2.05, 4.69) is 6.92 Å². The molecule has 1 atom stereocenters. The summed E-state index contributed by atoms with van der Waals surface area (Å²) in [4.78, 5) is 11.0. The zero-order valence-electron chi connectivity index (χ0n) is 6.68. The van der Waals surface area contributed by atoms with Crippen molar-refractivity contribution >= 4 is 5.78 Å². The molecule has 0 N–H and O–H groups in total. The molecule has 0 aliphatic heterocycles. The first-order valence-electron chi connectivity index (χ1n) is 3.54. The predicted molar refractivity (Wildman–Crippen MR) is 36.9 cm³/mol. The molecule has 0 aromatic heterocycles. The van der Waals surface area contributed by atoms with E-state index in [-0.39, 0.29) is 32.7 Å². The van der Waals surface area contributed by atoms with Crippen molar-refractivity contribution in [2.75, 3.05) is 0 Å². The van der Waals surface area contributed by atoms with Crippen LogP contribution in [0.2, 0.25) is 0 Å². The van der Waals surface area contributed by atoms with E-state index in [9.17, 15) is 4.79 Å². The molecule has 1 unspecified atom stereocenters. The van der Waals surface area contributed by atoms with Gasteiger partial charge in [0.1, 0.15) is 5.78 Å². The second kappa shape index (κ2) is 4.61. The molecule has 1 rings (SSSR count). The second-order valence-corrected chi connectivity index (χ2v) is 3.04. The van der Waals surface area contributed by atoms with Gasteiger partial charge in [0.05, 0.1) is 0 Å². The third-order valence-electron chi connectivity index (χ3n) is 2.03. The maximum absolute atomic E-state index is 11.0. The predicted octanol–water partition coefficient (Wildman–Crippen LogP) is 1.97. The van der Waals surface area contributed by atoms with Crippen molar-refractivity contribution < 1.29 is 37.5 Å². The van der Waals surface area contributed by atoms with Gasteiger partial charge in [0.15, 0.2) is 0 Å². The Labute approximate surface area is 87.8 Å². The summed E-state index contributed by atoms with van der Waals surface area (Å²) in [6.45, 7) is 4.10. The minimum absolute atomic E-state index is 0. The summed E-state index contributed by atoms with van der Waals surface area (Å²) in [5.74, 6) is 2.12. The molecular weight excluding hydrogens is 201 g/mol. The molecule has 55 valence electrons. The molecule has 0 heterocycles. The minimum atomic E-state index is 0. The van der Waals surface area contributed by atoms with Gasteiger partial charge in [-0.3, -0.25) is 0 Å². The van der Waals surface area contributed by atoms with Crippen LogP contribution in [0.3, 0.4) is 0 Å². The van der Waals surface area contributed by atoms with Gasteiger partial charge in [0.25, 0.3) is 0 Å². The van der Waals surface area contributed by atoms with Gasteiger partial charge < -0.3 is 10.7 Å². The molecule has 0 bridgehead atoms. The largest absolute Gasteiger partial charge is 0.310 e. The zero-order valence-corrected chi connectivity index (χ0v) is 9.52. The van der Waals surface area contributed by atoms with Crippen LogP contribution in [-0.2, 0) is 37.5 Å². The number of Topliss-reactive ketones (excluding diaryl/α,β-unsaturated/α-hetero) is 1. The van der Waals surface area contributed by atoms with Crippen LogP contribution in [0.5, 0.6) is 0 Å². The standard InChI is InChI=1S/C8H13O.Y/c1-6-3-4-7(2)8(9)5-6;/h7H,3-5H2,1-2H3;/q-1;. The van der Waals surface area contributed by atoms with E-state index < -0.39 is 0 Å². The van der Waals surface area contributed by atoms with Gasteiger partial charge in [-0.05, 0) is 0 Å². The Bertz CT molecular complexity index is 122. The van der Waals surface area contributed by atoms with Gasteiger partial charge >= 0.3 is 0 Å². The smallest absolute Gasteiger partial charge is 0.106 e. The molecule has 0 aromatic carbocycles. The molecule has 1 saturated carbocycles. The number of ketones is 1. The van der Waals surface area contributed by atoms with Crippen molar-refractivity contribution in [2.45, 2.75) is 33.1 Å². The Morgan fingerprint density at radius 3 is 2.60 bits per heavy atom. The van der Waals surface area contributed by atoms with E-state index in [1.165, 1.54) is 5.92 Å². The number of hydrogen-bond donors (Lipinski definition) is 0. The summed E-state index contributed by atoms with van der Waals surface area (Å²) in [6.07, 6.45) is 2.97. The third-order valence-corrected chi connectivity index (χ3v) is 2.03. The van der Waals surface area contributed by atoms with Crippen molar-refractivity contribution in [1.29, 1.82) is 0 Å². The average Bonchev–Trinajstić information content (AvgIpc) is 1.80. The molecule has 0 saturated heterocycles. The first-order valence-corrected chi connectivity index (χ1v) is 3.54. The maximum Gasteiger partial charge on any atom is 0.106 e. The minimum Gasteiger partial charge on any atom is -0.310 e. The Balaban J connectivity index is 0.000000810. The molecule has 2 heteroatoms. The SMILES string of the molecule is C[C-]1CCC(C)C(=O)C1.[Y]. The first-order chi connectivity index (χ1) is 4.20. The molecule has 0 aromatic rings. The van der Waals surface area contributed by atoms with Gasteiger partial charge in [-0.2, -0.15) is 13.3 Å². The van der Waals surface area contributed by atoms with Crippen LogP contribution >= 0.6 is 0 Å². The fourth-order valence-electron chi connectivity index (χ4n) is 1.18. The van der Waals surface area contributed by atoms with Crippen LogP contribution in [0, 0.1) is 11.8 Å². The molecule has 1 radical (unpaired) electrons. The van der Waals surface area contributed by atoms with E-state index in [1.54, 1.807) is 0 Å². The van der Waals surface area contributed by atoms with E-state index >= 15 is 0 Å². The van der Waals surface area contributed by atoms with Gasteiger partial charge in [0, 0.05) is 38.6 Å². The van der Waals surface area contributed by atoms with Crippen molar-refractivity contribution in [2.24, 2.45) is 5.92 Å². The van der Waals surface area contributed by atoms with Crippen LogP contribution in [0.15, 0.2) is 0 Å². The first kappa shape index (κ1) is 10.8. The van der Waals surface area contributed by atoms with E-state index in [0.717, 1.165) is 19.3 Å². The molecule has 1 aliphatic rings. The van der Waals surface area contributed by atoms with E-state index in [0.29, 0.717) is 11.7 Å². The Kier molecular flexibility index (Phi) is 4.97. The summed E-state index contributed by atoms with van der Waals surface area (Å²) in [7, 11) is 0. The fraction of sp³-hybridized carbons (Fsp3) is 0.750. The topological polar surface area (TPSA) is 17.1 Å². The van der Waals surface area contributed by atoms with Crippen LogP contribution < -0.4 is 0 Å². The van der Waals surface area contributed by atoms with Crippen molar-refractivity contribution in [3.05, 3.63) is 5.92 Å². The molecule has 1 fully saturated rings. The molecular formula is C8H13OY-. The quantitative estimate of drug-likeness (QED) is 0.563. The molecule has 1 aliphatic carbocycles. The van der Waals surface area contributed by atoms with Gasteiger partial charge in [-0.25, -0.2) is 0 Å². The van der Waals surface area contributed by atoms with Crippen molar-refractivity contribution in [1.82, 2.24) is 0 Å². The third kappa shape index (κ3) is 2.79. The summed E-state index contributed by atoms with van der Waals surface area (Å²) >= 11 is 0. The molecule has 1 nitrogen and oxygen atoms in total. The van der Waals surface area contributed by atoms with Crippen LogP contribution in [0.25, 0.3) is 0 Å². The van der Waals surface area contributed by atoms with Crippen LogP contribution in [0.1, 0.15) is 33.1 Å². The zero-order chi connectivity index (χ0) is 6.85. The van der Waals surface area contributed by atoms with E-state index in [1.807, 2.05) is 6.92 Å². The molecule has 10 heavy (non-hydrogen) atoms. The Morgan fingerprint density at radius 1 is 1.60 bits per heavy atom. The van der Waals surface area contributed by atoms with Gasteiger partial charge in [-0.1, -0.05) is 13.3 Å². The number of carbonyl (C=O) groups is 1. The molecule has 0 amide bonds. The number of rotatable bonds is 0. The number of hydrogen-bond acceptors (Lipinski definition) is 1. The second-order valence-electron chi connectivity index (χ2n) is 3.04. The fourth-order valence-corrected chi connectivity index (χ4v) is 1.18. The van der Waals surface area contributed by atoms with Crippen LogP contribution in [-0.4, -0.2) is 5.78 Å². The maximum atomic E-state index is 11.0. The monoisotopic (exact) mass is 214 g/mol. The van der Waals surface area contributed by atoms with E-state index in [4.69, 9.17) is 0 Å². The number of carbonyl (C=O) groups excluding carboxylic acids is 1. The van der Waals surface area contributed by atoms with Crippen molar-refractivity contribution in [3.8, 4) is 0 Å². The molecule has 0 spiro atoms. The summed E-state index contributed by atoms with van der Waals surface area (Å²) in [5, 5.41) is 0. The van der Waals surface area contributed by atoms with Crippen LogP contribution in [0.4, 0.5) is 0 Å². The summed E-state index contributed by atoms with van der Waals surface area (Å²) < 4.78 is 0.